The molecule has 3 rings (SSSR count). The van der Waals surface area contributed by atoms with Gasteiger partial charge in [0.05, 0.1) is 0 Å². The highest BCUT2D eigenvalue weighted by atomic mass is 35.5. The smallest absolute Gasteiger partial charge is 0.251 e. The molecule has 0 saturated carbocycles. The first-order chi connectivity index (χ1) is 12.5. The number of nitrogens with zero attached hydrogens (tertiary/aromatic N) is 3. The lowest BCUT2D eigenvalue weighted by atomic mass is 10.2. The van der Waals surface area contributed by atoms with E-state index in [9.17, 15) is 9.18 Å². The zero-order chi connectivity index (χ0) is 18.7. The number of hydrogen-bond donors (Lipinski definition) is 1. The Morgan fingerprint density at radius 2 is 2.04 bits per heavy atom. The van der Waals surface area contributed by atoms with Gasteiger partial charge in [0.15, 0.2) is 0 Å². The highest BCUT2D eigenvalue weighted by Crippen LogP contribution is 2.22. The summed E-state index contributed by atoms with van der Waals surface area (Å²) in [6.45, 7) is 2.44. The minimum atomic E-state index is -0.361. The Hall–Kier alpha value is -2.73. The number of nitrogens with one attached hydrogen (secondary N) is 1. The first kappa shape index (κ1) is 18.1. The molecule has 1 aromatic carbocycles. The van der Waals surface area contributed by atoms with Crippen LogP contribution in [0.25, 0.3) is 11.4 Å². The standard InChI is InChI=1S/C19H18ClFN4O/c1-3-15-9-18(26)24-19(23-15)12-5-7-17(22-10-12)25(2)11-13-4-6-14(21)8-16(13)20/h4-10H,3,11H2,1-2H3,(H,23,24,26). The molecule has 0 bridgehead atoms. The summed E-state index contributed by atoms with van der Waals surface area (Å²) in [6.07, 6.45) is 2.35. The van der Waals surface area contributed by atoms with Crippen molar-refractivity contribution < 1.29 is 4.39 Å². The van der Waals surface area contributed by atoms with E-state index >= 15 is 0 Å². The van der Waals surface area contributed by atoms with Crippen molar-refractivity contribution >= 4 is 17.4 Å². The molecule has 0 aliphatic rings. The van der Waals surface area contributed by atoms with E-state index in [0.717, 1.165) is 22.6 Å². The van der Waals surface area contributed by atoms with Crippen LogP contribution in [0, 0.1) is 5.82 Å². The van der Waals surface area contributed by atoms with Gasteiger partial charge in [-0.2, -0.15) is 0 Å². The monoisotopic (exact) mass is 372 g/mol. The van der Waals surface area contributed by atoms with Gasteiger partial charge >= 0.3 is 0 Å². The van der Waals surface area contributed by atoms with Crippen molar-refractivity contribution in [3.8, 4) is 11.4 Å². The van der Waals surface area contributed by atoms with Crippen molar-refractivity contribution in [2.45, 2.75) is 19.9 Å². The number of pyridine rings is 1. The topological polar surface area (TPSA) is 61.9 Å². The van der Waals surface area contributed by atoms with E-state index in [-0.39, 0.29) is 11.4 Å². The molecular weight excluding hydrogens is 355 g/mol. The Morgan fingerprint density at radius 1 is 1.23 bits per heavy atom. The molecule has 1 N–H and O–H groups in total. The van der Waals surface area contributed by atoms with Crippen LogP contribution in [0.1, 0.15) is 18.2 Å². The van der Waals surface area contributed by atoms with Gasteiger partial charge in [-0.25, -0.2) is 14.4 Å². The third-order valence-electron chi connectivity index (χ3n) is 3.99. The summed E-state index contributed by atoms with van der Waals surface area (Å²) >= 11 is 6.08. The first-order valence-electron chi connectivity index (χ1n) is 8.18. The third-order valence-corrected chi connectivity index (χ3v) is 4.34. The van der Waals surface area contributed by atoms with Crippen molar-refractivity contribution in [1.82, 2.24) is 15.0 Å². The van der Waals surface area contributed by atoms with Crippen LogP contribution in [0.2, 0.25) is 5.02 Å². The van der Waals surface area contributed by atoms with E-state index in [2.05, 4.69) is 15.0 Å². The Morgan fingerprint density at radius 3 is 2.69 bits per heavy atom. The van der Waals surface area contributed by atoms with Crippen LogP contribution in [0.15, 0.2) is 47.4 Å². The molecule has 2 heterocycles. The van der Waals surface area contributed by atoms with Crippen LogP contribution < -0.4 is 10.5 Å². The maximum absolute atomic E-state index is 13.2. The van der Waals surface area contributed by atoms with E-state index in [1.54, 1.807) is 12.3 Å². The summed E-state index contributed by atoms with van der Waals surface area (Å²) in [5, 5.41) is 0.381. The van der Waals surface area contributed by atoms with Crippen LogP contribution >= 0.6 is 11.6 Å². The lowest BCUT2D eigenvalue weighted by molar-refractivity contribution is 0.627. The summed E-state index contributed by atoms with van der Waals surface area (Å²) in [4.78, 5) is 25.2. The van der Waals surface area contributed by atoms with Crippen LogP contribution in [0.5, 0.6) is 0 Å². The zero-order valence-electron chi connectivity index (χ0n) is 14.5. The lowest BCUT2D eigenvalue weighted by Gasteiger charge is -2.19. The minimum Gasteiger partial charge on any atom is -0.355 e. The molecule has 0 fully saturated rings. The average molecular weight is 373 g/mol. The molecule has 134 valence electrons. The molecule has 0 amide bonds. The second-order valence-electron chi connectivity index (χ2n) is 5.94. The van der Waals surface area contributed by atoms with Gasteiger partial charge in [-0.3, -0.25) is 4.79 Å². The molecule has 0 unspecified atom stereocenters. The first-order valence-corrected chi connectivity index (χ1v) is 8.56. The fourth-order valence-corrected chi connectivity index (χ4v) is 2.79. The number of aromatic amines is 1. The Kier molecular flexibility index (Phi) is 5.32. The fourth-order valence-electron chi connectivity index (χ4n) is 2.56. The van der Waals surface area contributed by atoms with Crippen molar-refractivity contribution in [2.75, 3.05) is 11.9 Å². The molecule has 3 aromatic rings. The van der Waals surface area contributed by atoms with E-state index in [1.165, 1.54) is 18.2 Å². The summed E-state index contributed by atoms with van der Waals surface area (Å²) in [5.41, 5.74) is 2.09. The maximum Gasteiger partial charge on any atom is 0.251 e. The molecule has 26 heavy (non-hydrogen) atoms. The molecule has 0 atom stereocenters. The normalized spacial score (nSPS) is 10.8. The lowest BCUT2D eigenvalue weighted by Crippen LogP contribution is -2.18. The molecule has 0 spiro atoms. The molecule has 0 radical (unpaired) electrons. The molecule has 0 aliphatic heterocycles. The minimum absolute atomic E-state index is 0.181. The molecule has 2 aromatic heterocycles. The van der Waals surface area contributed by atoms with Crippen molar-refractivity contribution in [1.29, 1.82) is 0 Å². The summed E-state index contributed by atoms with van der Waals surface area (Å²) in [6, 6.07) is 9.52. The van der Waals surface area contributed by atoms with Crippen molar-refractivity contribution in [2.24, 2.45) is 0 Å². The zero-order valence-corrected chi connectivity index (χ0v) is 15.2. The van der Waals surface area contributed by atoms with Gasteiger partial charge in [-0.05, 0) is 36.2 Å². The van der Waals surface area contributed by atoms with Gasteiger partial charge in [0, 0.05) is 42.1 Å². The van der Waals surface area contributed by atoms with Crippen LogP contribution in [-0.2, 0) is 13.0 Å². The van der Waals surface area contributed by atoms with Crippen molar-refractivity contribution in [3.05, 3.63) is 75.0 Å². The highest BCUT2D eigenvalue weighted by Gasteiger charge is 2.09. The van der Waals surface area contributed by atoms with Crippen LogP contribution in [-0.4, -0.2) is 22.0 Å². The number of H-pyrrole nitrogens is 1. The van der Waals surface area contributed by atoms with Gasteiger partial charge < -0.3 is 9.88 Å². The molecule has 7 heteroatoms. The number of hydrogen-bond acceptors (Lipinski definition) is 4. The summed E-state index contributed by atoms with van der Waals surface area (Å²) in [5.74, 6) is 0.862. The van der Waals surface area contributed by atoms with Gasteiger partial charge in [-0.15, -0.1) is 0 Å². The van der Waals surface area contributed by atoms with E-state index in [0.29, 0.717) is 23.8 Å². The van der Waals surface area contributed by atoms with Gasteiger partial charge in [0.1, 0.15) is 17.5 Å². The number of aromatic nitrogens is 3. The number of aryl methyl sites for hydroxylation is 1. The second-order valence-corrected chi connectivity index (χ2v) is 6.34. The molecule has 0 saturated heterocycles. The van der Waals surface area contributed by atoms with E-state index in [1.807, 2.05) is 31.0 Å². The fraction of sp³-hybridized carbons (Fsp3) is 0.211. The Bertz CT molecular complexity index is 972. The van der Waals surface area contributed by atoms with Gasteiger partial charge in [-0.1, -0.05) is 24.6 Å². The predicted octanol–water partition coefficient (Wildman–Crippen LogP) is 3.82. The number of benzene rings is 1. The molecule has 5 nitrogen and oxygen atoms in total. The van der Waals surface area contributed by atoms with Gasteiger partial charge in [0.25, 0.3) is 5.56 Å². The summed E-state index contributed by atoms with van der Waals surface area (Å²) < 4.78 is 13.2. The number of rotatable bonds is 5. The van der Waals surface area contributed by atoms with E-state index in [4.69, 9.17) is 11.6 Å². The molecular formula is C19H18ClFN4O. The number of halogens is 2. The Balaban J connectivity index is 1.80. The summed E-state index contributed by atoms with van der Waals surface area (Å²) in [7, 11) is 1.87. The van der Waals surface area contributed by atoms with E-state index < -0.39 is 0 Å². The Labute approximate surface area is 155 Å². The van der Waals surface area contributed by atoms with Gasteiger partial charge in [0.2, 0.25) is 0 Å². The van der Waals surface area contributed by atoms with Crippen LogP contribution in [0.4, 0.5) is 10.2 Å². The highest BCUT2D eigenvalue weighted by molar-refractivity contribution is 6.31. The largest absolute Gasteiger partial charge is 0.355 e. The third kappa shape index (κ3) is 4.08. The predicted molar refractivity (Wildman–Crippen MR) is 101 cm³/mol. The second kappa shape index (κ2) is 7.66. The van der Waals surface area contributed by atoms with Crippen LogP contribution in [0.3, 0.4) is 0 Å². The molecule has 0 aliphatic carbocycles. The van der Waals surface area contributed by atoms with Crippen molar-refractivity contribution in [3.63, 3.8) is 0 Å². The number of anilines is 1. The maximum atomic E-state index is 13.2. The SMILES string of the molecule is CCc1cc(=O)[nH]c(-c2ccc(N(C)Cc3ccc(F)cc3Cl)nc2)n1. The average Bonchev–Trinajstić information content (AvgIpc) is 2.63. The quantitative estimate of drug-likeness (QED) is 0.739.